The van der Waals surface area contributed by atoms with Gasteiger partial charge in [-0.25, -0.2) is 4.79 Å². The van der Waals surface area contributed by atoms with Crippen molar-refractivity contribution >= 4 is 11.9 Å². The summed E-state index contributed by atoms with van der Waals surface area (Å²) in [6.45, 7) is 9.24. The highest BCUT2D eigenvalue weighted by atomic mass is 16.6. The molecule has 186 valence electrons. The summed E-state index contributed by atoms with van der Waals surface area (Å²) in [7, 11) is 0. The van der Waals surface area contributed by atoms with E-state index in [0.717, 1.165) is 74.2 Å². The Balaban J connectivity index is 1.20. The van der Waals surface area contributed by atoms with E-state index in [-0.39, 0.29) is 22.9 Å². The smallest absolute Gasteiger partial charge is 0.410 e. The molecule has 1 amide bonds. The third-order valence-corrected chi connectivity index (χ3v) is 7.64. The standard InChI is InChI=1S/C29H36N2O4/c1-5-6-24(32)21-9-7-20(8-10-21)23-15-22-16-29(34-25(22)17-30-23)18-28(19-29)11-13-31(14-12-28)26(33)35-27(2,3)4/h7-10,15,17H,5-6,11-14,16,18-19H2,1-4H3. The molecule has 0 bridgehead atoms. The van der Waals surface area contributed by atoms with E-state index in [0.29, 0.717) is 6.42 Å². The van der Waals surface area contributed by atoms with E-state index < -0.39 is 5.60 Å². The zero-order valence-corrected chi connectivity index (χ0v) is 21.4. The summed E-state index contributed by atoms with van der Waals surface area (Å²) < 4.78 is 12.0. The summed E-state index contributed by atoms with van der Waals surface area (Å²) in [6, 6.07) is 9.92. The van der Waals surface area contributed by atoms with Gasteiger partial charge in [0.2, 0.25) is 0 Å². The molecule has 2 aromatic rings. The molecule has 2 fully saturated rings. The highest BCUT2D eigenvalue weighted by molar-refractivity contribution is 5.96. The number of carbonyl (C=O) groups is 2. The average Bonchev–Trinajstić information content (AvgIpc) is 3.16. The Morgan fingerprint density at radius 3 is 2.43 bits per heavy atom. The summed E-state index contributed by atoms with van der Waals surface area (Å²) >= 11 is 0. The Labute approximate surface area is 208 Å². The lowest BCUT2D eigenvalue weighted by molar-refractivity contribution is -0.120. The van der Waals surface area contributed by atoms with E-state index in [1.54, 1.807) is 0 Å². The molecular formula is C29H36N2O4. The molecule has 2 spiro atoms. The van der Waals surface area contributed by atoms with E-state index in [1.807, 2.05) is 63.1 Å². The molecule has 1 aromatic carbocycles. The van der Waals surface area contributed by atoms with Gasteiger partial charge in [-0.3, -0.25) is 9.78 Å². The molecule has 0 N–H and O–H groups in total. The number of carbonyl (C=O) groups excluding carboxylic acids is 2. The van der Waals surface area contributed by atoms with Crippen molar-refractivity contribution in [2.45, 2.75) is 83.8 Å². The summed E-state index contributed by atoms with van der Waals surface area (Å²) in [5.74, 6) is 1.08. The number of amides is 1. The largest absolute Gasteiger partial charge is 0.485 e. The number of pyridine rings is 1. The van der Waals surface area contributed by atoms with Crippen molar-refractivity contribution < 1.29 is 19.1 Å². The SMILES string of the molecule is CCCC(=O)c1ccc(-c2cc3c(cn2)OC2(C3)CC3(CCN(C(=O)OC(C)(C)C)CC3)C2)cc1. The van der Waals surface area contributed by atoms with Crippen molar-refractivity contribution in [3.63, 3.8) is 0 Å². The van der Waals surface area contributed by atoms with Crippen molar-refractivity contribution in [3.8, 4) is 17.0 Å². The van der Waals surface area contributed by atoms with Crippen molar-refractivity contribution in [2.24, 2.45) is 5.41 Å². The van der Waals surface area contributed by atoms with Gasteiger partial charge >= 0.3 is 6.09 Å². The first-order valence-corrected chi connectivity index (χ1v) is 12.9. The minimum Gasteiger partial charge on any atom is -0.485 e. The summed E-state index contributed by atoms with van der Waals surface area (Å²) in [4.78, 5) is 31.0. The molecule has 5 rings (SSSR count). The lowest BCUT2D eigenvalue weighted by Crippen LogP contribution is -2.59. The predicted octanol–water partition coefficient (Wildman–Crippen LogP) is 6.22. The maximum absolute atomic E-state index is 12.4. The molecule has 3 aliphatic rings. The molecule has 3 heterocycles. The second-order valence-corrected chi connectivity index (χ2v) is 11.7. The number of Topliss-reactive ketones (excluding diaryl/α,β-unsaturated/α-hetero) is 1. The number of nitrogens with zero attached hydrogens (tertiary/aromatic N) is 2. The molecule has 6 heteroatoms. The number of hydrogen-bond acceptors (Lipinski definition) is 5. The summed E-state index contributed by atoms with van der Waals surface area (Å²) in [5, 5.41) is 0. The number of piperidine rings is 1. The normalized spacial score (nSPS) is 19.7. The van der Waals surface area contributed by atoms with Gasteiger partial charge in [0.15, 0.2) is 5.78 Å². The quantitative estimate of drug-likeness (QED) is 0.490. The van der Waals surface area contributed by atoms with E-state index in [1.165, 1.54) is 5.56 Å². The number of benzene rings is 1. The molecule has 1 aliphatic carbocycles. The van der Waals surface area contributed by atoms with Crippen LogP contribution in [0.2, 0.25) is 0 Å². The number of likely N-dealkylation sites (tertiary alicyclic amines) is 1. The topological polar surface area (TPSA) is 68.7 Å². The maximum Gasteiger partial charge on any atom is 0.410 e. The van der Waals surface area contributed by atoms with Gasteiger partial charge in [-0.2, -0.15) is 0 Å². The summed E-state index contributed by atoms with van der Waals surface area (Å²) in [6.07, 6.45) is 8.05. The van der Waals surface area contributed by atoms with Gasteiger partial charge in [0.05, 0.1) is 11.9 Å². The molecule has 6 nitrogen and oxygen atoms in total. The highest BCUT2D eigenvalue weighted by Crippen LogP contribution is 2.60. The van der Waals surface area contributed by atoms with Crippen LogP contribution in [0, 0.1) is 5.41 Å². The van der Waals surface area contributed by atoms with Crippen molar-refractivity contribution in [3.05, 3.63) is 47.7 Å². The van der Waals surface area contributed by atoms with Gasteiger partial charge in [-0.05, 0) is 64.4 Å². The molecule has 35 heavy (non-hydrogen) atoms. The predicted molar refractivity (Wildman–Crippen MR) is 135 cm³/mol. The van der Waals surface area contributed by atoms with Crippen LogP contribution in [0.3, 0.4) is 0 Å². The van der Waals surface area contributed by atoms with Crippen molar-refractivity contribution in [1.29, 1.82) is 0 Å². The lowest BCUT2D eigenvalue weighted by Gasteiger charge is -2.56. The van der Waals surface area contributed by atoms with E-state index in [2.05, 4.69) is 11.1 Å². The van der Waals surface area contributed by atoms with Gasteiger partial charge in [0.1, 0.15) is 17.0 Å². The molecular weight excluding hydrogens is 440 g/mol. The van der Waals surface area contributed by atoms with E-state index >= 15 is 0 Å². The van der Waals surface area contributed by atoms with Crippen LogP contribution in [0.4, 0.5) is 4.79 Å². The number of ketones is 1. The number of ether oxygens (including phenoxy) is 2. The molecule has 1 aromatic heterocycles. The monoisotopic (exact) mass is 476 g/mol. The van der Waals surface area contributed by atoms with Gasteiger partial charge in [-0.1, -0.05) is 31.2 Å². The molecule has 1 saturated heterocycles. The first-order valence-electron chi connectivity index (χ1n) is 12.9. The second kappa shape index (κ2) is 8.65. The van der Waals surface area contributed by atoms with Crippen molar-refractivity contribution in [1.82, 2.24) is 9.88 Å². The number of rotatable bonds is 4. The van der Waals surface area contributed by atoms with Crippen LogP contribution in [0.1, 0.15) is 82.1 Å². The Bertz CT molecular complexity index is 1120. The van der Waals surface area contributed by atoms with Crippen LogP contribution in [0.5, 0.6) is 5.75 Å². The minimum atomic E-state index is -0.461. The fourth-order valence-corrected chi connectivity index (χ4v) is 6.04. The minimum absolute atomic E-state index is 0.132. The second-order valence-electron chi connectivity index (χ2n) is 11.7. The average molecular weight is 477 g/mol. The fraction of sp³-hybridized carbons (Fsp3) is 0.552. The van der Waals surface area contributed by atoms with Crippen LogP contribution in [0.25, 0.3) is 11.3 Å². The van der Waals surface area contributed by atoms with Crippen LogP contribution in [-0.2, 0) is 11.2 Å². The number of hydrogen-bond donors (Lipinski definition) is 0. The van der Waals surface area contributed by atoms with Crippen LogP contribution >= 0.6 is 0 Å². The fourth-order valence-electron chi connectivity index (χ4n) is 6.04. The van der Waals surface area contributed by atoms with E-state index in [9.17, 15) is 9.59 Å². The third-order valence-electron chi connectivity index (χ3n) is 7.64. The third kappa shape index (κ3) is 4.80. The first kappa shape index (κ1) is 23.8. The zero-order chi connectivity index (χ0) is 24.8. The van der Waals surface area contributed by atoms with Gasteiger partial charge < -0.3 is 14.4 Å². The Hall–Kier alpha value is -2.89. The van der Waals surface area contributed by atoms with Crippen LogP contribution < -0.4 is 4.74 Å². The Morgan fingerprint density at radius 2 is 1.80 bits per heavy atom. The Kier molecular flexibility index (Phi) is 5.89. The molecule has 0 atom stereocenters. The van der Waals surface area contributed by atoms with Gasteiger partial charge in [-0.15, -0.1) is 0 Å². The molecule has 1 saturated carbocycles. The maximum atomic E-state index is 12.4. The summed E-state index contributed by atoms with van der Waals surface area (Å²) in [5.41, 5.74) is 3.57. The lowest BCUT2D eigenvalue weighted by atomic mass is 9.54. The van der Waals surface area contributed by atoms with Gasteiger partial charge in [0, 0.05) is 42.6 Å². The Morgan fingerprint density at radius 1 is 1.11 bits per heavy atom. The number of fused-ring (bicyclic) bond motifs is 1. The van der Waals surface area contributed by atoms with Crippen LogP contribution in [0.15, 0.2) is 36.5 Å². The molecule has 0 unspecified atom stereocenters. The van der Waals surface area contributed by atoms with Crippen molar-refractivity contribution in [2.75, 3.05) is 13.1 Å². The first-order chi connectivity index (χ1) is 16.6. The highest BCUT2D eigenvalue weighted by Gasteiger charge is 2.59. The molecule has 2 aliphatic heterocycles. The number of aromatic nitrogens is 1. The molecule has 0 radical (unpaired) electrons. The zero-order valence-electron chi connectivity index (χ0n) is 21.4. The van der Waals surface area contributed by atoms with E-state index in [4.69, 9.17) is 9.47 Å². The van der Waals surface area contributed by atoms with Crippen LogP contribution in [-0.4, -0.2) is 46.1 Å². The van der Waals surface area contributed by atoms with Gasteiger partial charge in [0.25, 0.3) is 0 Å².